The minimum Gasteiger partial charge on any atom is -0.396 e. The third kappa shape index (κ3) is 1.66. The van der Waals surface area contributed by atoms with Crippen LogP contribution in [-0.2, 0) is 0 Å². The Morgan fingerprint density at radius 2 is 2.10 bits per heavy atom. The van der Waals surface area contributed by atoms with E-state index in [1.807, 2.05) is 12.1 Å². The Kier molecular flexibility index (Phi) is 2.30. The van der Waals surface area contributed by atoms with Crippen LogP contribution in [0.3, 0.4) is 0 Å². The molecule has 1 aliphatic carbocycles. The topological polar surface area (TPSA) is 56.7 Å². The molecule has 0 bridgehead atoms. The number of pyridine rings is 1. The van der Waals surface area contributed by atoms with Crippen LogP contribution < -0.4 is 5.73 Å². The van der Waals surface area contributed by atoms with Gasteiger partial charge in [-0.15, -0.1) is 0 Å². The van der Waals surface area contributed by atoms with Crippen LogP contribution in [0.1, 0.15) is 18.9 Å². The van der Waals surface area contributed by atoms with Crippen molar-refractivity contribution in [2.75, 3.05) is 5.73 Å². The zero-order valence-corrected chi connectivity index (χ0v) is 10.8. The van der Waals surface area contributed by atoms with E-state index in [1.165, 1.54) is 6.07 Å². The van der Waals surface area contributed by atoms with E-state index >= 15 is 0 Å². The van der Waals surface area contributed by atoms with E-state index in [2.05, 4.69) is 14.5 Å². The summed E-state index contributed by atoms with van der Waals surface area (Å²) in [5.74, 6) is 0.379. The number of nitrogens with zero attached hydrogens (tertiary/aromatic N) is 3. The van der Waals surface area contributed by atoms with Crippen molar-refractivity contribution in [3.8, 4) is 11.4 Å². The molecule has 0 spiro atoms. The molecule has 1 saturated carbocycles. The second-order valence-electron chi connectivity index (χ2n) is 5.14. The van der Waals surface area contributed by atoms with Gasteiger partial charge in [0.25, 0.3) is 0 Å². The lowest BCUT2D eigenvalue weighted by molar-refractivity contribution is 0.632. The van der Waals surface area contributed by atoms with Gasteiger partial charge in [0.2, 0.25) is 0 Å². The van der Waals surface area contributed by atoms with E-state index in [0.29, 0.717) is 6.04 Å². The smallest absolute Gasteiger partial charge is 0.146 e. The number of rotatable bonds is 2. The molecule has 4 nitrogen and oxygen atoms in total. The van der Waals surface area contributed by atoms with E-state index in [4.69, 9.17) is 5.73 Å². The van der Waals surface area contributed by atoms with Gasteiger partial charge < -0.3 is 10.3 Å². The van der Waals surface area contributed by atoms with Crippen LogP contribution in [0.25, 0.3) is 22.4 Å². The summed E-state index contributed by atoms with van der Waals surface area (Å²) in [6, 6.07) is 7.25. The van der Waals surface area contributed by atoms with Crippen molar-refractivity contribution >= 4 is 16.7 Å². The molecular weight excluding hydrogens is 255 g/mol. The van der Waals surface area contributed by atoms with E-state index in [9.17, 15) is 4.39 Å². The van der Waals surface area contributed by atoms with Crippen LogP contribution in [-0.4, -0.2) is 14.5 Å². The maximum atomic E-state index is 13.7. The maximum Gasteiger partial charge on any atom is 0.146 e. The van der Waals surface area contributed by atoms with Crippen molar-refractivity contribution in [1.82, 2.24) is 14.5 Å². The fourth-order valence-corrected chi connectivity index (χ4v) is 2.52. The zero-order valence-electron chi connectivity index (χ0n) is 10.8. The largest absolute Gasteiger partial charge is 0.396 e. The third-order valence-electron chi connectivity index (χ3n) is 3.66. The lowest BCUT2D eigenvalue weighted by Crippen LogP contribution is -1.98. The average molecular weight is 268 g/mol. The predicted octanol–water partition coefficient (Wildman–Crippen LogP) is 3.15. The van der Waals surface area contributed by atoms with E-state index < -0.39 is 5.82 Å². The molecule has 0 atom stereocenters. The van der Waals surface area contributed by atoms with Crippen molar-refractivity contribution < 1.29 is 4.39 Å². The van der Waals surface area contributed by atoms with Gasteiger partial charge in [0.1, 0.15) is 17.2 Å². The molecule has 3 aromatic rings. The zero-order chi connectivity index (χ0) is 13.7. The first kappa shape index (κ1) is 11.4. The number of halogens is 1. The second-order valence-corrected chi connectivity index (χ2v) is 5.14. The average Bonchev–Trinajstić information content (AvgIpc) is 3.22. The molecular formula is C15H13FN4. The minimum absolute atomic E-state index is 0.157. The highest BCUT2D eigenvalue weighted by Gasteiger charge is 2.28. The van der Waals surface area contributed by atoms with E-state index in [1.54, 1.807) is 18.5 Å². The van der Waals surface area contributed by atoms with Gasteiger partial charge in [-0.3, -0.25) is 4.98 Å². The summed E-state index contributed by atoms with van der Waals surface area (Å²) >= 11 is 0. The molecule has 0 unspecified atom stereocenters. The van der Waals surface area contributed by atoms with Gasteiger partial charge in [-0.1, -0.05) is 0 Å². The summed E-state index contributed by atoms with van der Waals surface area (Å²) in [7, 11) is 0. The Morgan fingerprint density at radius 3 is 2.85 bits per heavy atom. The van der Waals surface area contributed by atoms with Crippen LogP contribution in [0.4, 0.5) is 10.1 Å². The minimum atomic E-state index is -0.407. The molecule has 2 heterocycles. The number of benzene rings is 1. The van der Waals surface area contributed by atoms with Crippen LogP contribution in [0, 0.1) is 5.82 Å². The first-order valence-electron chi connectivity index (χ1n) is 6.61. The Morgan fingerprint density at radius 1 is 1.25 bits per heavy atom. The molecule has 5 heteroatoms. The van der Waals surface area contributed by atoms with Crippen molar-refractivity contribution in [1.29, 1.82) is 0 Å². The molecule has 20 heavy (non-hydrogen) atoms. The van der Waals surface area contributed by atoms with Crippen LogP contribution >= 0.6 is 0 Å². The summed E-state index contributed by atoms with van der Waals surface area (Å²) in [5.41, 5.74) is 8.34. The Hall–Kier alpha value is -2.43. The highest BCUT2D eigenvalue weighted by Crippen LogP contribution is 2.41. The number of hydrogen-bond acceptors (Lipinski definition) is 3. The number of nitrogens with two attached hydrogens (primary N) is 1. The monoisotopic (exact) mass is 268 g/mol. The third-order valence-corrected chi connectivity index (χ3v) is 3.66. The van der Waals surface area contributed by atoms with Crippen LogP contribution in [0.2, 0.25) is 0 Å². The lowest BCUT2D eigenvalue weighted by atomic mass is 10.2. The van der Waals surface area contributed by atoms with Gasteiger partial charge in [-0.2, -0.15) is 0 Å². The Labute approximate surface area is 115 Å². The Balaban J connectivity index is 1.98. The molecule has 0 aliphatic heterocycles. The normalized spacial score (nSPS) is 14.8. The van der Waals surface area contributed by atoms with Crippen molar-refractivity contribution in [2.24, 2.45) is 0 Å². The van der Waals surface area contributed by atoms with E-state index in [-0.39, 0.29) is 5.69 Å². The van der Waals surface area contributed by atoms with Crippen molar-refractivity contribution in [2.45, 2.75) is 18.9 Å². The van der Waals surface area contributed by atoms with Crippen LogP contribution in [0.5, 0.6) is 0 Å². The molecule has 1 fully saturated rings. The van der Waals surface area contributed by atoms with Gasteiger partial charge in [0.15, 0.2) is 0 Å². The molecule has 0 radical (unpaired) electrons. The SMILES string of the molecule is Nc1ccc(-c2nc3cnccc3n2C2CC2)cc1F. The summed E-state index contributed by atoms with van der Waals surface area (Å²) in [6.45, 7) is 0. The summed E-state index contributed by atoms with van der Waals surface area (Å²) < 4.78 is 15.9. The van der Waals surface area contributed by atoms with E-state index in [0.717, 1.165) is 35.3 Å². The number of fused-ring (bicyclic) bond motifs is 1. The van der Waals surface area contributed by atoms with Crippen LogP contribution in [0.15, 0.2) is 36.7 Å². The van der Waals surface area contributed by atoms with Gasteiger partial charge in [-0.05, 0) is 37.1 Å². The molecule has 0 amide bonds. The molecule has 0 saturated heterocycles. The second kappa shape index (κ2) is 4.03. The molecule has 4 rings (SSSR count). The maximum absolute atomic E-state index is 13.7. The quantitative estimate of drug-likeness (QED) is 0.726. The molecule has 100 valence electrons. The predicted molar refractivity (Wildman–Crippen MR) is 75.6 cm³/mol. The van der Waals surface area contributed by atoms with Gasteiger partial charge in [0.05, 0.1) is 17.4 Å². The number of nitrogen functional groups attached to an aromatic ring is 1. The first-order valence-corrected chi connectivity index (χ1v) is 6.61. The molecule has 2 aromatic heterocycles. The number of aromatic nitrogens is 3. The highest BCUT2D eigenvalue weighted by molar-refractivity contribution is 5.80. The fraction of sp³-hybridized carbons (Fsp3) is 0.200. The van der Waals surface area contributed by atoms with Crippen molar-refractivity contribution in [3.05, 3.63) is 42.5 Å². The number of hydrogen-bond donors (Lipinski definition) is 1. The summed E-state index contributed by atoms with van der Waals surface area (Å²) in [4.78, 5) is 8.71. The lowest BCUT2D eigenvalue weighted by Gasteiger charge is -2.08. The fourth-order valence-electron chi connectivity index (χ4n) is 2.52. The highest BCUT2D eigenvalue weighted by atomic mass is 19.1. The van der Waals surface area contributed by atoms with Gasteiger partial charge >= 0.3 is 0 Å². The number of imidazole rings is 1. The van der Waals surface area contributed by atoms with Crippen molar-refractivity contribution in [3.63, 3.8) is 0 Å². The van der Waals surface area contributed by atoms with Gasteiger partial charge in [-0.25, -0.2) is 9.37 Å². The molecule has 1 aliphatic rings. The molecule has 1 aromatic carbocycles. The Bertz CT molecular complexity index is 805. The van der Waals surface area contributed by atoms with Gasteiger partial charge in [0, 0.05) is 17.8 Å². The molecule has 2 N–H and O–H groups in total. The summed E-state index contributed by atoms with van der Waals surface area (Å²) in [5, 5.41) is 0. The summed E-state index contributed by atoms with van der Waals surface area (Å²) in [6.07, 6.45) is 5.78. The standard InChI is InChI=1S/C15H13FN4/c16-11-7-9(1-4-12(11)17)15-19-13-8-18-6-5-14(13)20(15)10-2-3-10/h1,4-8,10H,2-3,17H2. The first-order chi connectivity index (χ1) is 9.74. The number of anilines is 1.